The van der Waals surface area contributed by atoms with Gasteiger partial charge in [-0.15, -0.1) is 0 Å². The fourth-order valence-corrected chi connectivity index (χ4v) is 9.75. The summed E-state index contributed by atoms with van der Waals surface area (Å²) in [7, 11) is 0. The molecule has 1 atom stereocenters. The van der Waals surface area contributed by atoms with Gasteiger partial charge in [-0.05, 0) is 107 Å². The van der Waals surface area contributed by atoms with E-state index in [2.05, 4.69) is 187 Å². The van der Waals surface area contributed by atoms with Gasteiger partial charge >= 0.3 is 0 Å². The number of nitrogens with one attached hydrogen (secondary N) is 1. The Balaban J connectivity index is 0.995. The Morgan fingerprint density at radius 3 is 1.65 bits per heavy atom. The molecular formula is C52H33NO. The zero-order chi connectivity index (χ0) is 35.4. The average Bonchev–Trinajstić information content (AvgIpc) is 3.91. The average molecular weight is 688 g/mol. The normalized spacial score (nSPS) is 15.3. The first-order valence-electron chi connectivity index (χ1n) is 18.8. The summed E-state index contributed by atoms with van der Waals surface area (Å²) in [4.78, 5) is 0. The van der Waals surface area contributed by atoms with E-state index < -0.39 is 0 Å². The summed E-state index contributed by atoms with van der Waals surface area (Å²) in [6.07, 6.45) is -0.215. The molecule has 54 heavy (non-hydrogen) atoms. The van der Waals surface area contributed by atoms with Crippen molar-refractivity contribution in [1.29, 1.82) is 0 Å². The minimum atomic E-state index is -0.358. The smallest absolute Gasteiger partial charge is 0.196 e. The Morgan fingerprint density at radius 2 is 0.944 bits per heavy atom. The van der Waals surface area contributed by atoms with Gasteiger partial charge in [0.25, 0.3) is 0 Å². The van der Waals surface area contributed by atoms with Crippen LogP contribution in [0.1, 0.15) is 34.0 Å². The van der Waals surface area contributed by atoms with Crippen molar-refractivity contribution in [3.63, 3.8) is 0 Å². The molecule has 252 valence electrons. The molecule has 1 N–H and O–H groups in total. The molecule has 0 saturated carbocycles. The molecule has 1 spiro atoms. The van der Waals surface area contributed by atoms with Crippen molar-refractivity contribution in [2.45, 2.75) is 11.6 Å². The molecule has 2 nitrogen and oxygen atoms in total. The molecule has 1 unspecified atom stereocenters. The standard InChI is InChI=1S/C52H33NO/c1-2-11-34(12-3-1)51-53-48-28-26-33-23-21-32-22-24-37(30-43(32)49(33)50(48)54-51)35-13-10-14-36(29-35)38-25-27-42-41-17-6-9-20-46(41)52(47(42)31-38)44-18-7-4-15-39(44)40-16-5-8-19-45(40)52/h1-31,51,53H. The highest BCUT2D eigenvalue weighted by molar-refractivity contribution is 6.14. The van der Waals surface area contributed by atoms with Gasteiger partial charge in [-0.25, -0.2) is 0 Å². The maximum absolute atomic E-state index is 6.67. The van der Waals surface area contributed by atoms with Crippen LogP contribution in [0.4, 0.5) is 5.69 Å². The van der Waals surface area contributed by atoms with Gasteiger partial charge in [0.15, 0.2) is 12.0 Å². The highest BCUT2D eigenvalue weighted by atomic mass is 16.5. The van der Waals surface area contributed by atoms with Gasteiger partial charge in [-0.3, -0.25) is 0 Å². The number of anilines is 1. The maximum atomic E-state index is 6.67. The zero-order valence-electron chi connectivity index (χ0n) is 29.4. The second-order valence-electron chi connectivity index (χ2n) is 14.8. The molecule has 2 heteroatoms. The predicted octanol–water partition coefficient (Wildman–Crippen LogP) is 13.2. The monoisotopic (exact) mass is 687 g/mol. The van der Waals surface area contributed by atoms with E-state index in [0.29, 0.717) is 0 Å². The minimum absolute atomic E-state index is 0.215. The Kier molecular flexibility index (Phi) is 6.07. The van der Waals surface area contributed by atoms with Gasteiger partial charge in [0.2, 0.25) is 0 Å². The minimum Gasteiger partial charge on any atom is -0.464 e. The van der Waals surface area contributed by atoms with Crippen molar-refractivity contribution in [2.24, 2.45) is 0 Å². The van der Waals surface area contributed by atoms with Crippen LogP contribution in [0.3, 0.4) is 0 Å². The SMILES string of the molecule is c1ccc(C2Nc3ccc4ccc5ccc(-c6cccc(-c7ccc8c(c7)C7(c9ccccc9-c9ccccc97)c7ccccc7-8)c6)cc5c4c3O2)cc1. The summed E-state index contributed by atoms with van der Waals surface area (Å²) < 4.78 is 6.67. The van der Waals surface area contributed by atoms with Crippen molar-refractivity contribution in [3.8, 4) is 50.3 Å². The van der Waals surface area contributed by atoms with E-state index in [9.17, 15) is 0 Å². The Hall–Kier alpha value is -6.90. The summed E-state index contributed by atoms with van der Waals surface area (Å²) in [5.74, 6) is 0.918. The van der Waals surface area contributed by atoms with E-state index in [4.69, 9.17) is 4.74 Å². The highest BCUT2D eigenvalue weighted by Crippen LogP contribution is 2.63. The summed E-state index contributed by atoms with van der Waals surface area (Å²) in [5, 5.41) is 8.32. The molecular weight excluding hydrogens is 655 g/mol. The topological polar surface area (TPSA) is 21.3 Å². The van der Waals surface area contributed by atoms with Crippen LogP contribution in [-0.4, -0.2) is 0 Å². The summed E-state index contributed by atoms with van der Waals surface area (Å²) in [5.41, 5.74) is 17.3. The summed E-state index contributed by atoms with van der Waals surface area (Å²) in [6, 6.07) is 69.2. The lowest BCUT2D eigenvalue weighted by atomic mass is 9.70. The zero-order valence-corrected chi connectivity index (χ0v) is 29.4. The number of hydrogen-bond acceptors (Lipinski definition) is 2. The number of ether oxygens (including phenoxy) is 1. The van der Waals surface area contributed by atoms with Crippen LogP contribution < -0.4 is 10.1 Å². The summed E-state index contributed by atoms with van der Waals surface area (Å²) >= 11 is 0. The molecule has 0 radical (unpaired) electrons. The van der Waals surface area contributed by atoms with Gasteiger partial charge in [0, 0.05) is 10.9 Å². The van der Waals surface area contributed by atoms with Crippen molar-refractivity contribution >= 4 is 27.2 Å². The van der Waals surface area contributed by atoms with E-state index in [1.807, 2.05) is 6.07 Å². The third-order valence-electron chi connectivity index (χ3n) is 12.1. The van der Waals surface area contributed by atoms with Gasteiger partial charge in [0.1, 0.15) is 0 Å². The number of rotatable bonds is 3. The van der Waals surface area contributed by atoms with E-state index >= 15 is 0 Å². The van der Waals surface area contributed by atoms with Crippen LogP contribution >= 0.6 is 0 Å². The molecule has 9 aromatic rings. The van der Waals surface area contributed by atoms with Crippen LogP contribution in [-0.2, 0) is 5.41 Å². The van der Waals surface area contributed by atoms with Gasteiger partial charge < -0.3 is 10.1 Å². The molecule has 12 rings (SSSR count). The first-order valence-corrected chi connectivity index (χ1v) is 18.8. The van der Waals surface area contributed by atoms with Crippen LogP contribution in [0.25, 0.3) is 66.1 Å². The molecule has 0 fully saturated rings. The molecule has 9 aromatic carbocycles. The molecule has 2 aliphatic carbocycles. The third kappa shape index (κ3) is 4.00. The lowest BCUT2D eigenvalue weighted by Crippen LogP contribution is -2.25. The van der Waals surface area contributed by atoms with Crippen LogP contribution in [0.2, 0.25) is 0 Å². The summed E-state index contributed by atoms with van der Waals surface area (Å²) in [6.45, 7) is 0. The fourth-order valence-electron chi connectivity index (χ4n) is 9.75. The predicted molar refractivity (Wildman–Crippen MR) is 222 cm³/mol. The van der Waals surface area contributed by atoms with Gasteiger partial charge in [0.05, 0.1) is 11.1 Å². The van der Waals surface area contributed by atoms with Gasteiger partial charge in [-0.1, -0.05) is 164 Å². The van der Waals surface area contributed by atoms with Crippen molar-refractivity contribution in [1.82, 2.24) is 0 Å². The maximum Gasteiger partial charge on any atom is 0.196 e. The molecule has 1 aliphatic heterocycles. The van der Waals surface area contributed by atoms with Crippen LogP contribution in [0.15, 0.2) is 188 Å². The van der Waals surface area contributed by atoms with Crippen LogP contribution in [0.5, 0.6) is 5.75 Å². The second-order valence-corrected chi connectivity index (χ2v) is 14.8. The van der Waals surface area contributed by atoms with Crippen molar-refractivity contribution in [2.75, 3.05) is 5.32 Å². The lowest BCUT2D eigenvalue weighted by molar-refractivity contribution is 0.263. The molecule has 0 saturated heterocycles. The quantitative estimate of drug-likeness (QED) is 0.187. The number of benzene rings is 9. The largest absolute Gasteiger partial charge is 0.464 e. The van der Waals surface area contributed by atoms with Crippen molar-refractivity contribution < 1.29 is 4.74 Å². The highest BCUT2D eigenvalue weighted by Gasteiger charge is 2.51. The number of hydrogen-bond donors (Lipinski definition) is 1. The van der Waals surface area contributed by atoms with E-state index in [-0.39, 0.29) is 11.6 Å². The first kappa shape index (κ1) is 29.7. The molecule has 1 heterocycles. The van der Waals surface area contributed by atoms with Gasteiger partial charge in [-0.2, -0.15) is 0 Å². The molecule has 0 amide bonds. The van der Waals surface area contributed by atoms with E-state index in [0.717, 1.165) is 22.4 Å². The Morgan fingerprint density at radius 1 is 0.407 bits per heavy atom. The second kappa shape index (κ2) is 11.1. The van der Waals surface area contributed by atoms with E-state index in [1.165, 1.54) is 82.9 Å². The first-order chi connectivity index (χ1) is 26.8. The van der Waals surface area contributed by atoms with Crippen molar-refractivity contribution in [3.05, 3.63) is 216 Å². The molecule has 0 bridgehead atoms. The van der Waals surface area contributed by atoms with E-state index in [1.54, 1.807) is 0 Å². The fraction of sp³-hybridized carbons (Fsp3) is 0.0385. The Labute approximate surface area is 314 Å². The third-order valence-corrected chi connectivity index (χ3v) is 12.1. The molecule has 3 aliphatic rings. The van der Waals surface area contributed by atoms with Crippen LogP contribution in [0, 0.1) is 0 Å². The molecule has 0 aromatic heterocycles. The number of fused-ring (bicyclic) bond motifs is 15. The lowest BCUT2D eigenvalue weighted by Gasteiger charge is -2.30. The Bertz CT molecular complexity index is 2950.